The Morgan fingerprint density at radius 3 is 2.36 bits per heavy atom. The number of carbonyl (C=O) groups excluding carboxylic acids is 1. The maximum absolute atomic E-state index is 12.9. The largest absolute Gasteiger partial charge is 0.432 e. The number of rotatable bonds is 3. The average Bonchev–Trinajstić information content (AvgIpc) is 2.65. The molecule has 0 radical (unpaired) electrons. The summed E-state index contributed by atoms with van der Waals surface area (Å²) in [5.74, 6) is -0.0699. The van der Waals surface area contributed by atoms with Gasteiger partial charge in [0, 0.05) is 24.3 Å². The van der Waals surface area contributed by atoms with E-state index in [0.29, 0.717) is 48.5 Å². The third kappa shape index (κ3) is 4.74. The molecule has 7 heteroatoms. The molecule has 0 aromatic heterocycles. The number of ether oxygens (including phenoxy) is 2. The molecule has 0 saturated carbocycles. The maximum Gasteiger partial charge on any atom is 0.264 e. The number of carbonyl (C=O) groups is 1. The van der Waals surface area contributed by atoms with Gasteiger partial charge in [0.2, 0.25) is 0 Å². The number of nitrogens with one attached hydrogen (secondary N) is 1. The van der Waals surface area contributed by atoms with Gasteiger partial charge < -0.3 is 19.7 Å². The molecular formula is C18H17FN2O3S. The highest BCUT2D eigenvalue weighted by molar-refractivity contribution is 7.80. The molecule has 1 saturated heterocycles. The second kappa shape index (κ2) is 8.04. The minimum absolute atomic E-state index is 0.283. The van der Waals surface area contributed by atoms with E-state index >= 15 is 0 Å². The molecule has 3 rings (SSSR count). The second-order valence-electron chi connectivity index (χ2n) is 5.45. The molecule has 130 valence electrons. The van der Waals surface area contributed by atoms with Gasteiger partial charge in [0.1, 0.15) is 11.6 Å². The Morgan fingerprint density at radius 2 is 1.72 bits per heavy atom. The van der Waals surface area contributed by atoms with Gasteiger partial charge in [0.25, 0.3) is 11.1 Å². The van der Waals surface area contributed by atoms with E-state index in [-0.39, 0.29) is 11.7 Å². The van der Waals surface area contributed by atoms with Crippen molar-refractivity contribution in [1.82, 2.24) is 4.90 Å². The highest BCUT2D eigenvalue weighted by Gasteiger charge is 2.15. The molecule has 1 aliphatic rings. The lowest BCUT2D eigenvalue weighted by molar-refractivity contribution is 0.0631. The van der Waals surface area contributed by atoms with E-state index in [1.807, 2.05) is 4.90 Å². The molecule has 1 fully saturated rings. The summed E-state index contributed by atoms with van der Waals surface area (Å²) in [5.41, 5.74) is 0.995. The van der Waals surface area contributed by atoms with Crippen molar-refractivity contribution in [1.29, 1.82) is 0 Å². The lowest BCUT2D eigenvalue weighted by Gasteiger charge is -2.28. The van der Waals surface area contributed by atoms with E-state index < -0.39 is 0 Å². The molecular weight excluding hydrogens is 343 g/mol. The molecule has 2 aromatic rings. The van der Waals surface area contributed by atoms with Crippen LogP contribution in [0.4, 0.5) is 10.1 Å². The van der Waals surface area contributed by atoms with Crippen LogP contribution in [0.15, 0.2) is 48.5 Å². The van der Waals surface area contributed by atoms with Gasteiger partial charge in [-0.1, -0.05) is 0 Å². The van der Waals surface area contributed by atoms with Gasteiger partial charge in [0.05, 0.1) is 13.2 Å². The van der Waals surface area contributed by atoms with Gasteiger partial charge >= 0.3 is 0 Å². The van der Waals surface area contributed by atoms with Gasteiger partial charge in [0.15, 0.2) is 0 Å². The number of morpholine rings is 1. The zero-order chi connectivity index (χ0) is 17.6. The van der Waals surface area contributed by atoms with Crippen molar-refractivity contribution in [2.45, 2.75) is 0 Å². The van der Waals surface area contributed by atoms with Crippen molar-refractivity contribution in [2.24, 2.45) is 0 Å². The standard InChI is InChI=1S/C18H17FN2O3S/c19-14-3-5-15(6-4-14)20-17(22)13-1-7-16(8-2-13)24-18(25)21-9-11-23-12-10-21/h1-8H,9-12H2,(H,20,22). The molecule has 5 nitrogen and oxygen atoms in total. The van der Waals surface area contributed by atoms with Crippen LogP contribution in [-0.4, -0.2) is 42.3 Å². The summed E-state index contributed by atoms with van der Waals surface area (Å²) >= 11 is 5.28. The first kappa shape index (κ1) is 17.3. The summed E-state index contributed by atoms with van der Waals surface area (Å²) in [7, 11) is 0. The van der Waals surface area contributed by atoms with Crippen molar-refractivity contribution in [2.75, 3.05) is 31.6 Å². The Balaban J connectivity index is 1.58. The van der Waals surface area contributed by atoms with E-state index in [9.17, 15) is 9.18 Å². The number of hydrogen-bond donors (Lipinski definition) is 1. The summed E-state index contributed by atoms with van der Waals surface area (Å²) < 4.78 is 23.8. The topological polar surface area (TPSA) is 50.8 Å². The molecule has 25 heavy (non-hydrogen) atoms. The van der Waals surface area contributed by atoms with Crippen molar-refractivity contribution in [3.05, 3.63) is 59.9 Å². The SMILES string of the molecule is O=C(Nc1ccc(F)cc1)c1ccc(OC(=S)N2CCOCC2)cc1. The predicted octanol–water partition coefficient (Wildman–Crippen LogP) is 3.07. The minimum atomic E-state index is -0.351. The van der Waals surface area contributed by atoms with Crippen molar-refractivity contribution in [3.8, 4) is 5.75 Å². The summed E-state index contributed by atoms with van der Waals surface area (Å²) in [4.78, 5) is 14.1. The van der Waals surface area contributed by atoms with Crippen LogP contribution in [0.1, 0.15) is 10.4 Å². The van der Waals surface area contributed by atoms with Crippen LogP contribution in [0, 0.1) is 5.82 Å². The second-order valence-corrected chi connectivity index (χ2v) is 5.80. The van der Waals surface area contributed by atoms with Crippen LogP contribution in [0.5, 0.6) is 5.75 Å². The Hall–Kier alpha value is -2.51. The van der Waals surface area contributed by atoms with Crippen LogP contribution in [0.3, 0.4) is 0 Å². The van der Waals surface area contributed by atoms with Crippen LogP contribution in [0.2, 0.25) is 0 Å². The first-order chi connectivity index (χ1) is 12.1. The fourth-order valence-electron chi connectivity index (χ4n) is 2.32. The Morgan fingerprint density at radius 1 is 1.08 bits per heavy atom. The normalized spacial score (nSPS) is 14.0. The third-order valence-corrected chi connectivity index (χ3v) is 4.03. The van der Waals surface area contributed by atoms with Gasteiger partial charge in [-0.15, -0.1) is 0 Å². The minimum Gasteiger partial charge on any atom is -0.432 e. The van der Waals surface area contributed by atoms with Crippen LogP contribution in [-0.2, 0) is 4.74 Å². The number of thiocarbonyl (C=S) groups is 1. The van der Waals surface area contributed by atoms with Crippen LogP contribution < -0.4 is 10.1 Å². The average molecular weight is 360 g/mol. The lowest BCUT2D eigenvalue weighted by atomic mass is 10.2. The number of nitrogens with zero attached hydrogens (tertiary/aromatic N) is 1. The van der Waals surface area contributed by atoms with E-state index in [1.165, 1.54) is 24.3 Å². The van der Waals surface area contributed by atoms with Gasteiger partial charge in [-0.3, -0.25) is 4.79 Å². The molecule has 1 amide bonds. The van der Waals surface area contributed by atoms with Crippen molar-refractivity contribution >= 4 is 29.0 Å². The van der Waals surface area contributed by atoms with Gasteiger partial charge in [-0.25, -0.2) is 4.39 Å². The van der Waals surface area contributed by atoms with E-state index in [0.717, 1.165) is 0 Å². The first-order valence-corrected chi connectivity index (χ1v) is 8.24. The number of halogens is 1. The number of hydrogen-bond acceptors (Lipinski definition) is 4. The van der Waals surface area contributed by atoms with Gasteiger partial charge in [-0.2, -0.15) is 0 Å². The lowest BCUT2D eigenvalue weighted by Crippen LogP contribution is -2.42. The Kier molecular flexibility index (Phi) is 5.57. The van der Waals surface area contributed by atoms with Crippen LogP contribution >= 0.6 is 12.2 Å². The molecule has 0 aliphatic carbocycles. The van der Waals surface area contributed by atoms with E-state index in [2.05, 4.69) is 5.32 Å². The summed E-state index contributed by atoms with van der Waals surface area (Å²) in [6, 6.07) is 12.3. The molecule has 0 bridgehead atoms. The zero-order valence-electron chi connectivity index (χ0n) is 13.4. The quantitative estimate of drug-likeness (QED) is 0.853. The highest BCUT2D eigenvalue weighted by Crippen LogP contribution is 2.16. The highest BCUT2D eigenvalue weighted by atomic mass is 32.1. The summed E-state index contributed by atoms with van der Waals surface area (Å²) in [5, 5.41) is 3.10. The Labute approximate surface area is 150 Å². The molecule has 2 aromatic carbocycles. The number of anilines is 1. The number of amides is 1. The maximum atomic E-state index is 12.9. The fraction of sp³-hybridized carbons (Fsp3) is 0.222. The predicted molar refractivity (Wildman–Crippen MR) is 96.4 cm³/mol. The van der Waals surface area contributed by atoms with Crippen LogP contribution in [0.25, 0.3) is 0 Å². The first-order valence-electron chi connectivity index (χ1n) is 7.83. The molecule has 0 atom stereocenters. The van der Waals surface area contributed by atoms with E-state index in [4.69, 9.17) is 21.7 Å². The van der Waals surface area contributed by atoms with E-state index in [1.54, 1.807) is 24.3 Å². The smallest absolute Gasteiger partial charge is 0.264 e. The monoisotopic (exact) mass is 360 g/mol. The van der Waals surface area contributed by atoms with Crippen molar-refractivity contribution in [3.63, 3.8) is 0 Å². The third-order valence-electron chi connectivity index (χ3n) is 3.69. The fourth-order valence-corrected chi connectivity index (χ4v) is 2.60. The molecule has 0 unspecified atom stereocenters. The van der Waals surface area contributed by atoms with Crippen molar-refractivity contribution < 1.29 is 18.7 Å². The molecule has 1 N–H and O–H groups in total. The molecule has 1 heterocycles. The Bertz CT molecular complexity index is 744. The summed E-state index contributed by atoms with van der Waals surface area (Å²) in [6.07, 6.45) is 0. The van der Waals surface area contributed by atoms with Gasteiger partial charge in [-0.05, 0) is 60.7 Å². The summed E-state index contributed by atoms with van der Waals surface area (Å²) in [6.45, 7) is 2.67. The zero-order valence-corrected chi connectivity index (χ0v) is 14.2. The molecule has 0 spiro atoms. The number of benzene rings is 2. The molecule has 1 aliphatic heterocycles.